The minimum absolute atomic E-state index is 0.140. The van der Waals surface area contributed by atoms with Crippen molar-refractivity contribution in [2.75, 3.05) is 125 Å². The summed E-state index contributed by atoms with van der Waals surface area (Å²) in [5.74, 6) is 6.54. The average molecular weight is 1510 g/mol. The second kappa shape index (κ2) is 29.3. The number of hydrogen-bond donors (Lipinski definition) is 0. The molecule has 23 nitrogen and oxygen atoms in total. The van der Waals surface area contributed by atoms with Crippen LogP contribution < -0.4 is 68.6 Å². The molecule has 0 amide bonds. The van der Waals surface area contributed by atoms with Gasteiger partial charge in [-0.05, 0) is 203 Å². The molecule has 0 aliphatic carbocycles. The average Bonchev–Trinajstić information content (AvgIpc) is 1.60. The molecule has 0 saturated heterocycles. The van der Waals surface area contributed by atoms with Gasteiger partial charge in [-0.1, -0.05) is 60.7 Å². The van der Waals surface area contributed by atoms with Crippen LogP contribution >= 0.6 is 0 Å². The van der Waals surface area contributed by atoms with Gasteiger partial charge in [-0.25, -0.2) is 34.9 Å². The highest BCUT2D eigenvalue weighted by Gasteiger charge is 2.42. The molecule has 0 spiro atoms. The van der Waals surface area contributed by atoms with Crippen molar-refractivity contribution in [3.63, 3.8) is 0 Å². The van der Waals surface area contributed by atoms with E-state index in [1.807, 2.05) is 0 Å². The molecule has 8 aliphatic rings. The second-order valence-electron chi connectivity index (χ2n) is 31.0. The number of rotatable bonds is 8. The third-order valence-corrected chi connectivity index (χ3v) is 25.0. The number of fused-ring (bicyclic) bond motifs is 7. The molecule has 8 atom stereocenters. The predicted octanol–water partition coefficient (Wildman–Crippen LogP) is 17.9. The maximum absolute atomic E-state index is 5.06. The fourth-order valence-electron chi connectivity index (χ4n) is 17.5. The van der Waals surface area contributed by atoms with E-state index in [1.54, 1.807) is 37.2 Å². The fraction of sp³-hybridized carbons (Fsp3) is 0.322. The highest BCUT2D eigenvalue weighted by Crippen LogP contribution is 2.53. The Balaban J connectivity index is 0.000000114. The molecule has 0 bridgehead atoms. The Kier molecular flexibility index (Phi) is 19.3. The van der Waals surface area contributed by atoms with Gasteiger partial charge in [0.2, 0.25) is 0 Å². The Bertz CT molecular complexity index is 5330. The Morgan fingerprint density at radius 3 is 0.947 bits per heavy atom. The lowest BCUT2D eigenvalue weighted by molar-refractivity contribution is 0.383. The van der Waals surface area contributed by atoms with Crippen LogP contribution in [0.4, 0.5) is 115 Å². The predicted molar refractivity (Wildman–Crippen MR) is 468 cm³/mol. The Morgan fingerprint density at radius 1 is 0.239 bits per heavy atom. The van der Waals surface area contributed by atoms with Crippen molar-refractivity contribution in [2.24, 2.45) is 0 Å². The van der Waals surface area contributed by atoms with Gasteiger partial charge in [0.25, 0.3) is 0 Å². The summed E-state index contributed by atoms with van der Waals surface area (Å²) in [6, 6.07) is 52.0. The minimum Gasteiger partial charge on any atom is -0.359 e. The van der Waals surface area contributed by atoms with Crippen LogP contribution in [0.2, 0.25) is 0 Å². The summed E-state index contributed by atoms with van der Waals surface area (Å²) in [7, 11) is 16.9. The zero-order valence-electron chi connectivity index (χ0n) is 69.0. The van der Waals surface area contributed by atoms with E-state index in [0.717, 1.165) is 46.2 Å². The first-order chi connectivity index (χ1) is 54.4. The molecule has 0 saturated carbocycles. The third kappa shape index (κ3) is 12.3. The normalized spacial score (nSPS) is 20.8. The topological polar surface area (TPSA) is 142 Å². The second-order valence-corrected chi connectivity index (χ2v) is 31.0. The van der Waals surface area contributed by atoms with Crippen molar-refractivity contribution in [1.82, 2.24) is 44.7 Å². The van der Waals surface area contributed by atoms with Crippen molar-refractivity contribution in [2.45, 2.75) is 139 Å². The molecule has 580 valence electrons. The van der Waals surface area contributed by atoms with Gasteiger partial charge in [0.15, 0.2) is 40.7 Å². The van der Waals surface area contributed by atoms with Crippen LogP contribution in [0.3, 0.4) is 0 Å². The molecular formula is C90H105N23. The van der Waals surface area contributed by atoms with Crippen molar-refractivity contribution in [3.05, 3.63) is 235 Å². The van der Waals surface area contributed by atoms with E-state index in [0.29, 0.717) is 12.3 Å². The molecule has 12 heterocycles. The van der Waals surface area contributed by atoms with Crippen LogP contribution in [0.25, 0.3) is 10.9 Å². The molecule has 8 aliphatic heterocycles. The van der Waals surface area contributed by atoms with Gasteiger partial charge < -0.3 is 78.4 Å². The fourth-order valence-corrected chi connectivity index (χ4v) is 17.5. The number of benzene rings is 7. The quantitative estimate of drug-likeness (QED) is 0.142. The standard InChI is InChI=1S/C24H28N6.C24H27N5.C23H26N6.C19H24N6/c1-15-13-21(29-17(3)27(5)19-9-7-8-10-20(19)29)16(2)22(14-15)30-18(4)28(6)23-24(30)26-12-11-25-23;1-16-21(28-14-13-26(4)17(28)2)11-8-12-22(16)29-18(3)27(5)23-15-19-9-6-7-10-20(19)25-24(23)29;1-15-18(28-16(2)26(4)20-9-6-7-10-21(20)28)11-8-12-19(15)29-17(3)27(5)22-23(29)25-14-13-24-22;1-13-16(24-12-11-22(4)14(24)2)7-6-8-17(13)25-15(3)23(5)18-19(25)21-10-9-20-18/h7-14,17-18H,1-6H3;6-15,17-18H,1-5H3;6-14,16-17H,1-5H3;6-12,14-15H,1-5H3/t2*17-,18+;16-,17+;14-,15+/m1111/s1. The molecule has 19 rings (SSSR count). The summed E-state index contributed by atoms with van der Waals surface area (Å²) in [6.45, 7) is 28.8. The molecule has 113 heavy (non-hydrogen) atoms. The molecule has 11 aromatic rings. The van der Waals surface area contributed by atoms with Crippen molar-refractivity contribution >= 4 is 126 Å². The molecule has 23 heteroatoms. The molecule has 0 N–H and O–H groups in total. The summed E-state index contributed by atoms with van der Waals surface area (Å²) in [4.78, 5) is 69.3. The van der Waals surface area contributed by atoms with Gasteiger partial charge >= 0.3 is 0 Å². The summed E-state index contributed by atoms with van der Waals surface area (Å²) in [5, 5.41) is 1.18. The first-order valence-electron chi connectivity index (χ1n) is 39.3. The van der Waals surface area contributed by atoms with E-state index in [1.165, 1.54) is 107 Å². The van der Waals surface area contributed by atoms with Crippen LogP contribution in [0.5, 0.6) is 0 Å². The maximum atomic E-state index is 5.06. The van der Waals surface area contributed by atoms with Crippen LogP contribution in [0.1, 0.15) is 83.2 Å². The maximum Gasteiger partial charge on any atom is 0.178 e. The van der Waals surface area contributed by atoms with Crippen LogP contribution in [0.15, 0.2) is 208 Å². The number of anilines is 20. The number of hydrogen-bond acceptors (Lipinski definition) is 23. The zero-order chi connectivity index (χ0) is 79.4. The van der Waals surface area contributed by atoms with Crippen molar-refractivity contribution < 1.29 is 0 Å². The van der Waals surface area contributed by atoms with Crippen molar-refractivity contribution in [3.8, 4) is 0 Å². The van der Waals surface area contributed by atoms with E-state index in [-0.39, 0.29) is 37.0 Å². The lowest BCUT2D eigenvalue weighted by Gasteiger charge is -2.33. The molecule has 7 aromatic carbocycles. The molecular weight excluding hydrogens is 1400 g/mol. The molecule has 0 radical (unpaired) electrons. The number of aryl methyl sites for hydroxylation is 1. The number of nitrogens with zero attached hydrogens (tertiary/aromatic N) is 23. The van der Waals surface area contributed by atoms with Gasteiger partial charge in [0.1, 0.15) is 49.3 Å². The summed E-state index contributed by atoms with van der Waals surface area (Å²) < 4.78 is 0. The smallest absolute Gasteiger partial charge is 0.178 e. The SMILES string of the molecule is Cc1c(N2C=CN(C)[C@H]2C)cccc1N1c2nc3ccccc3cc2N(C)[C@@H]1C.Cc1c(N2C=CN(C)[C@H]2C)cccc1N1c2nccnc2N(C)[C@@H]1C.Cc1c(N2c3ccccc3N(C)[C@H]2C)cccc1N1c2nccnc2N(C)[C@@H]1C.Cc1cc(N2c3ccccc3N(C)[C@H]2C)c(C)c(N2c3nccnc3N(C)[C@@H]2C)c1. The molecule has 4 aromatic heterocycles. The largest absolute Gasteiger partial charge is 0.359 e. The monoisotopic (exact) mass is 1510 g/mol. The Morgan fingerprint density at radius 2 is 0.531 bits per heavy atom. The highest BCUT2D eigenvalue weighted by molar-refractivity contribution is 5.94. The van der Waals surface area contributed by atoms with Gasteiger partial charge in [0, 0.05) is 169 Å². The number of aromatic nitrogens is 7. The Labute approximate surface area is 666 Å². The van der Waals surface area contributed by atoms with E-state index in [4.69, 9.17) is 4.98 Å². The first-order valence-corrected chi connectivity index (χ1v) is 39.3. The third-order valence-electron chi connectivity index (χ3n) is 25.0. The van der Waals surface area contributed by atoms with E-state index >= 15 is 0 Å². The van der Waals surface area contributed by atoms with Crippen LogP contribution in [-0.4, -0.2) is 150 Å². The van der Waals surface area contributed by atoms with Gasteiger partial charge in [-0.2, -0.15) is 0 Å². The zero-order valence-corrected chi connectivity index (χ0v) is 69.0. The van der Waals surface area contributed by atoms with Crippen molar-refractivity contribution in [1.29, 1.82) is 0 Å². The minimum atomic E-state index is 0.140. The van der Waals surface area contributed by atoms with E-state index in [9.17, 15) is 0 Å². The molecule has 0 unspecified atom stereocenters. The van der Waals surface area contributed by atoms with Gasteiger partial charge in [0.05, 0.1) is 34.0 Å². The van der Waals surface area contributed by atoms with Gasteiger partial charge in [-0.15, -0.1) is 0 Å². The van der Waals surface area contributed by atoms with Crippen LogP contribution in [-0.2, 0) is 0 Å². The van der Waals surface area contributed by atoms with E-state index < -0.39 is 0 Å². The molecule has 0 fully saturated rings. The summed E-state index contributed by atoms with van der Waals surface area (Å²) in [5.41, 5.74) is 23.1. The number of pyridine rings is 1. The van der Waals surface area contributed by atoms with Gasteiger partial charge in [-0.3, -0.25) is 0 Å². The first kappa shape index (κ1) is 74.6. The summed E-state index contributed by atoms with van der Waals surface area (Å²) in [6.07, 6.45) is 20.9. The lowest BCUT2D eigenvalue weighted by atomic mass is 10.0. The number of para-hydroxylation sites is 5. The van der Waals surface area contributed by atoms with Crippen LogP contribution in [0, 0.1) is 34.6 Å². The lowest BCUT2D eigenvalue weighted by Crippen LogP contribution is -2.37. The Hall–Kier alpha value is -12.5. The summed E-state index contributed by atoms with van der Waals surface area (Å²) >= 11 is 0. The van der Waals surface area contributed by atoms with E-state index in [2.05, 4.69) is 425 Å². The highest BCUT2D eigenvalue weighted by atomic mass is 15.5.